The highest BCUT2D eigenvalue weighted by Crippen LogP contribution is 2.32. The molecule has 1 amide bonds. The molecule has 6 nitrogen and oxygen atoms in total. The van der Waals surface area contributed by atoms with Crippen LogP contribution < -0.4 is 5.32 Å². The molecule has 136 valence electrons. The SMILES string of the molecule is Cc1noc(-c2ccc(Br)cc2)c1NC(=O)OC(C)c1cccc(C#N)c1. The van der Waals surface area contributed by atoms with Crippen LogP contribution in [0.15, 0.2) is 57.5 Å². The average molecular weight is 426 g/mol. The van der Waals surface area contributed by atoms with Crippen LogP contribution in [0.25, 0.3) is 11.3 Å². The number of hydrogen-bond acceptors (Lipinski definition) is 5. The maximum atomic E-state index is 12.4. The van der Waals surface area contributed by atoms with E-state index in [0.717, 1.165) is 15.6 Å². The van der Waals surface area contributed by atoms with Crippen LogP contribution in [-0.2, 0) is 4.74 Å². The highest BCUT2D eigenvalue weighted by atomic mass is 79.9. The number of ether oxygens (including phenoxy) is 1. The second-order valence-corrected chi connectivity index (χ2v) is 6.80. The number of anilines is 1. The van der Waals surface area contributed by atoms with Gasteiger partial charge in [0.2, 0.25) is 0 Å². The van der Waals surface area contributed by atoms with E-state index in [1.165, 1.54) is 0 Å². The molecule has 7 heteroatoms. The van der Waals surface area contributed by atoms with Gasteiger partial charge in [-0.15, -0.1) is 0 Å². The number of carbonyl (C=O) groups is 1. The van der Waals surface area contributed by atoms with E-state index in [2.05, 4.69) is 32.5 Å². The number of nitriles is 1. The van der Waals surface area contributed by atoms with E-state index in [1.54, 1.807) is 38.1 Å². The summed E-state index contributed by atoms with van der Waals surface area (Å²) in [6.07, 6.45) is -1.15. The molecule has 0 radical (unpaired) electrons. The van der Waals surface area contributed by atoms with Gasteiger partial charge in [0.05, 0.1) is 11.6 Å². The van der Waals surface area contributed by atoms with Crippen molar-refractivity contribution in [2.45, 2.75) is 20.0 Å². The van der Waals surface area contributed by atoms with E-state index < -0.39 is 12.2 Å². The van der Waals surface area contributed by atoms with Gasteiger partial charge in [-0.1, -0.05) is 33.2 Å². The predicted molar refractivity (Wildman–Crippen MR) is 104 cm³/mol. The lowest BCUT2D eigenvalue weighted by Gasteiger charge is -2.14. The summed E-state index contributed by atoms with van der Waals surface area (Å²) in [5, 5.41) is 15.6. The molecule has 0 spiro atoms. The fraction of sp³-hybridized carbons (Fsp3) is 0.150. The molecule has 27 heavy (non-hydrogen) atoms. The number of carbonyl (C=O) groups excluding carboxylic acids is 1. The maximum Gasteiger partial charge on any atom is 0.412 e. The molecular formula is C20H16BrN3O3. The molecule has 0 aliphatic rings. The quantitative estimate of drug-likeness (QED) is 0.587. The first-order chi connectivity index (χ1) is 13.0. The number of hydrogen-bond donors (Lipinski definition) is 1. The smallest absolute Gasteiger partial charge is 0.412 e. The first-order valence-electron chi connectivity index (χ1n) is 8.18. The van der Waals surface area contributed by atoms with Crippen LogP contribution in [0, 0.1) is 18.3 Å². The van der Waals surface area contributed by atoms with Crippen LogP contribution in [-0.4, -0.2) is 11.2 Å². The molecular weight excluding hydrogens is 410 g/mol. The molecule has 1 unspecified atom stereocenters. The van der Waals surface area contributed by atoms with E-state index in [1.807, 2.05) is 24.3 Å². The van der Waals surface area contributed by atoms with Gasteiger partial charge in [0.15, 0.2) is 5.76 Å². The number of rotatable bonds is 4. The zero-order valence-electron chi connectivity index (χ0n) is 14.7. The van der Waals surface area contributed by atoms with Gasteiger partial charge in [-0.25, -0.2) is 4.79 Å². The summed E-state index contributed by atoms with van der Waals surface area (Å²) in [5.74, 6) is 0.455. The minimum atomic E-state index is -0.630. The maximum absolute atomic E-state index is 12.4. The molecule has 3 aromatic rings. The van der Waals surface area contributed by atoms with Crippen LogP contribution >= 0.6 is 15.9 Å². The number of aromatic nitrogens is 1. The van der Waals surface area contributed by atoms with Crippen molar-refractivity contribution in [1.29, 1.82) is 5.26 Å². The molecule has 1 atom stereocenters. The lowest BCUT2D eigenvalue weighted by atomic mass is 10.1. The van der Waals surface area contributed by atoms with Gasteiger partial charge in [-0.05, 0) is 55.8 Å². The minimum Gasteiger partial charge on any atom is -0.441 e. The Balaban J connectivity index is 1.75. The third-order valence-electron chi connectivity index (χ3n) is 3.97. The lowest BCUT2D eigenvalue weighted by molar-refractivity contribution is 0.121. The van der Waals surface area contributed by atoms with Crippen LogP contribution in [0.3, 0.4) is 0 Å². The van der Waals surface area contributed by atoms with Gasteiger partial charge in [0.1, 0.15) is 17.5 Å². The Kier molecular flexibility index (Phi) is 5.57. The van der Waals surface area contributed by atoms with Crippen molar-refractivity contribution in [3.63, 3.8) is 0 Å². The molecule has 1 N–H and O–H groups in total. The van der Waals surface area contributed by atoms with Crippen molar-refractivity contribution in [2.75, 3.05) is 5.32 Å². The summed E-state index contributed by atoms with van der Waals surface area (Å²) in [6, 6.07) is 16.5. The summed E-state index contributed by atoms with van der Waals surface area (Å²) in [4.78, 5) is 12.4. The molecule has 1 heterocycles. The van der Waals surface area contributed by atoms with Gasteiger partial charge in [-0.2, -0.15) is 5.26 Å². The molecule has 0 bridgehead atoms. The molecule has 0 saturated carbocycles. The van der Waals surface area contributed by atoms with E-state index in [0.29, 0.717) is 22.7 Å². The third-order valence-corrected chi connectivity index (χ3v) is 4.49. The zero-order valence-corrected chi connectivity index (χ0v) is 16.3. The predicted octanol–water partition coefficient (Wildman–Crippen LogP) is 5.59. The topological polar surface area (TPSA) is 88.2 Å². The van der Waals surface area contributed by atoms with Crippen molar-refractivity contribution in [3.05, 3.63) is 69.8 Å². The Morgan fingerprint density at radius 2 is 2.04 bits per heavy atom. The molecule has 0 fully saturated rings. The Labute approximate surface area is 164 Å². The average Bonchev–Trinajstić information content (AvgIpc) is 3.02. The van der Waals surface area contributed by atoms with Crippen molar-refractivity contribution in [1.82, 2.24) is 5.16 Å². The van der Waals surface area contributed by atoms with Gasteiger partial charge in [0.25, 0.3) is 0 Å². The molecule has 1 aromatic heterocycles. The largest absolute Gasteiger partial charge is 0.441 e. The van der Waals surface area contributed by atoms with Crippen molar-refractivity contribution >= 4 is 27.7 Å². The Bertz CT molecular complexity index is 1010. The Hall–Kier alpha value is -3.11. The first-order valence-corrected chi connectivity index (χ1v) is 8.97. The molecule has 0 aliphatic carbocycles. The summed E-state index contributed by atoms with van der Waals surface area (Å²) < 4.78 is 11.7. The number of aryl methyl sites for hydroxylation is 1. The van der Waals surface area contributed by atoms with E-state index in [-0.39, 0.29) is 0 Å². The van der Waals surface area contributed by atoms with Gasteiger partial charge in [0, 0.05) is 10.0 Å². The Morgan fingerprint density at radius 3 is 2.74 bits per heavy atom. The van der Waals surface area contributed by atoms with Gasteiger partial charge >= 0.3 is 6.09 Å². The molecule has 0 saturated heterocycles. The van der Waals surface area contributed by atoms with E-state index in [4.69, 9.17) is 14.5 Å². The van der Waals surface area contributed by atoms with Crippen LogP contribution in [0.1, 0.15) is 29.8 Å². The number of amides is 1. The van der Waals surface area contributed by atoms with Crippen LogP contribution in [0.2, 0.25) is 0 Å². The van der Waals surface area contributed by atoms with Crippen molar-refractivity contribution in [3.8, 4) is 17.4 Å². The van der Waals surface area contributed by atoms with Crippen molar-refractivity contribution < 1.29 is 14.1 Å². The monoisotopic (exact) mass is 425 g/mol. The second kappa shape index (κ2) is 8.06. The van der Waals surface area contributed by atoms with E-state index in [9.17, 15) is 4.79 Å². The summed E-state index contributed by atoms with van der Waals surface area (Å²) in [5.41, 5.74) is 3.03. The van der Waals surface area contributed by atoms with Crippen LogP contribution in [0.4, 0.5) is 10.5 Å². The highest BCUT2D eigenvalue weighted by molar-refractivity contribution is 9.10. The minimum absolute atomic E-state index is 0.455. The summed E-state index contributed by atoms with van der Waals surface area (Å²) >= 11 is 3.39. The summed E-state index contributed by atoms with van der Waals surface area (Å²) in [6.45, 7) is 3.48. The van der Waals surface area contributed by atoms with Gasteiger partial charge < -0.3 is 9.26 Å². The van der Waals surface area contributed by atoms with E-state index >= 15 is 0 Å². The third kappa shape index (κ3) is 4.36. The van der Waals surface area contributed by atoms with Gasteiger partial charge in [-0.3, -0.25) is 5.32 Å². The van der Waals surface area contributed by atoms with Crippen molar-refractivity contribution in [2.24, 2.45) is 0 Å². The highest BCUT2D eigenvalue weighted by Gasteiger charge is 2.20. The Morgan fingerprint density at radius 1 is 1.30 bits per heavy atom. The normalized spacial score (nSPS) is 11.5. The standard InChI is InChI=1S/C20H16BrN3O3/c1-12-18(19(27-24-12)15-6-8-17(21)9-7-15)23-20(25)26-13(2)16-5-3-4-14(10-16)11-22/h3-10,13H,1-2H3,(H,23,25). The molecule has 2 aromatic carbocycles. The lowest BCUT2D eigenvalue weighted by Crippen LogP contribution is -2.16. The zero-order chi connectivity index (χ0) is 19.4. The fourth-order valence-corrected chi connectivity index (χ4v) is 2.80. The number of nitrogens with zero attached hydrogens (tertiary/aromatic N) is 2. The van der Waals surface area contributed by atoms with Crippen LogP contribution in [0.5, 0.6) is 0 Å². The number of benzene rings is 2. The molecule has 0 aliphatic heterocycles. The number of halogens is 1. The number of nitrogens with one attached hydrogen (secondary N) is 1. The summed E-state index contributed by atoms with van der Waals surface area (Å²) in [7, 11) is 0. The molecule has 3 rings (SSSR count). The first kappa shape index (κ1) is 18.7. The fourth-order valence-electron chi connectivity index (χ4n) is 2.54. The second-order valence-electron chi connectivity index (χ2n) is 5.89.